The molecule has 186 valence electrons. The Morgan fingerprint density at radius 3 is 2.81 bits per heavy atom. The van der Waals surface area contributed by atoms with Crippen molar-refractivity contribution in [3.05, 3.63) is 82.4 Å². The molecule has 0 unspecified atom stereocenters. The molecule has 0 saturated carbocycles. The van der Waals surface area contributed by atoms with E-state index in [0.717, 1.165) is 17.1 Å². The highest BCUT2D eigenvalue weighted by molar-refractivity contribution is 7.99. The number of halogens is 2. The van der Waals surface area contributed by atoms with Crippen LogP contribution in [-0.4, -0.2) is 38.0 Å². The maximum Gasteiger partial charge on any atom is 0.236 e. The van der Waals surface area contributed by atoms with E-state index in [4.69, 9.17) is 27.9 Å². The van der Waals surface area contributed by atoms with E-state index in [2.05, 4.69) is 27.1 Å². The molecule has 0 aliphatic carbocycles. The Hall–Kier alpha value is -2.85. The number of anilines is 1. The molecule has 36 heavy (non-hydrogen) atoms. The van der Waals surface area contributed by atoms with E-state index in [1.54, 1.807) is 24.3 Å². The number of allylic oxidation sites excluding steroid dienone is 1. The molecular weight excluding hydrogens is 537 g/mol. The molecule has 7 nitrogen and oxygen atoms in total. The van der Waals surface area contributed by atoms with E-state index < -0.39 is 0 Å². The Morgan fingerprint density at radius 1 is 1.19 bits per heavy atom. The predicted molar refractivity (Wildman–Crippen MR) is 147 cm³/mol. The number of ether oxygens (including phenoxy) is 1. The van der Waals surface area contributed by atoms with E-state index in [1.807, 2.05) is 40.3 Å². The molecule has 2 aromatic carbocycles. The second-order valence-corrected chi connectivity index (χ2v) is 10.2. The molecule has 0 fully saturated rings. The minimum atomic E-state index is -0.156. The lowest BCUT2D eigenvalue weighted by atomic mass is 10.2. The molecule has 0 saturated heterocycles. The second kappa shape index (κ2) is 12.9. The lowest BCUT2D eigenvalue weighted by molar-refractivity contribution is -0.113. The number of nitrogens with one attached hydrogen (secondary N) is 1. The van der Waals surface area contributed by atoms with Crippen LogP contribution in [-0.2, 0) is 17.8 Å². The van der Waals surface area contributed by atoms with Gasteiger partial charge >= 0.3 is 0 Å². The summed E-state index contributed by atoms with van der Waals surface area (Å²) >= 11 is 14.8. The molecule has 4 rings (SSSR count). The highest BCUT2D eigenvalue weighted by atomic mass is 35.5. The zero-order valence-electron chi connectivity index (χ0n) is 19.2. The average Bonchev–Trinajstić information content (AvgIpc) is 3.49. The number of carbonyl (C=O) groups excluding carboxylic acids is 1. The first-order valence-electron chi connectivity index (χ1n) is 11.1. The van der Waals surface area contributed by atoms with Gasteiger partial charge in [0, 0.05) is 28.9 Å². The Kier molecular flexibility index (Phi) is 9.41. The fourth-order valence-electron chi connectivity index (χ4n) is 3.29. The van der Waals surface area contributed by atoms with Gasteiger partial charge in [-0.15, -0.1) is 28.1 Å². The van der Waals surface area contributed by atoms with E-state index in [9.17, 15) is 4.79 Å². The van der Waals surface area contributed by atoms with E-state index >= 15 is 0 Å². The summed E-state index contributed by atoms with van der Waals surface area (Å²) < 4.78 is 7.71. The minimum Gasteiger partial charge on any atom is -0.492 e. The summed E-state index contributed by atoms with van der Waals surface area (Å²) in [5.41, 5.74) is 1.84. The van der Waals surface area contributed by atoms with Gasteiger partial charge in [0.1, 0.15) is 11.6 Å². The molecule has 0 spiro atoms. The Bertz CT molecular complexity index is 1330. The van der Waals surface area contributed by atoms with E-state index in [0.29, 0.717) is 52.1 Å². The maximum absolute atomic E-state index is 12.5. The number of amides is 1. The van der Waals surface area contributed by atoms with Crippen LogP contribution in [0, 0.1) is 0 Å². The van der Waals surface area contributed by atoms with Gasteiger partial charge in [-0.1, -0.05) is 71.4 Å². The van der Waals surface area contributed by atoms with Crippen molar-refractivity contribution in [3.8, 4) is 17.0 Å². The fraction of sp³-hybridized carbons (Fsp3) is 0.200. The highest BCUT2D eigenvalue weighted by Crippen LogP contribution is 2.28. The molecule has 0 bridgehead atoms. The minimum absolute atomic E-state index is 0.156. The average molecular weight is 561 g/mol. The molecule has 0 aliphatic heterocycles. The predicted octanol–water partition coefficient (Wildman–Crippen LogP) is 6.64. The number of rotatable bonds is 12. The molecule has 0 aliphatic rings. The number of thioether (sulfide) groups is 1. The van der Waals surface area contributed by atoms with Gasteiger partial charge in [0.05, 0.1) is 23.1 Å². The van der Waals surface area contributed by atoms with Crippen LogP contribution in [0.15, 0.2) is 71.7 Å². The third kappa shape index (κ3) is 7.10. The molecule has 2 aromatic heterocycles. The molecule has 1 amide bonds. The van der Waals surface area contributed by atoms with Crippen LogP contribution in [0.4, 0.5) is 5.13 Å². The number of hydrogen-bond donors (Lipinski definition) is 1. The fourth-order valence-corrected chi connectivity index (χ4v) is 5.25. The molecule has 0 radical (unpaired) electrons. The first-order valence-corrected chi connectivity index (χ1v) is 13.7. The van der Waals surface area contributed by atoms with E-state index in [1.165, 1.54) is 23.1 Å². The Balaban J connectivity index is 1.28. The topological polar surface area (TPSA) is 81.9 Å². The van der Waals surface area contributed by atoms with Crippen molar-refractivity contribution in [2.45, 2.75) is 24.5 Å². The Morgan fingerprint density at radius 2 is 2.03 bits per heavy atom. The molecule has 1 N–H and O–H groups in total. The van der Waals surface area contributed by atoms with Gasteiger partial charge in [-0.05, 0) is 24.6 Å². The smallest absolute Gasteiger partial charge is 0.236 e. The SMILES string of the molecule is C=CCn1c(CCCOc2ccc(Cl)cc2Cl)nnc1SCC(=O)Nc1nc(-c2ccccc2)cs1. The summed E-state index contributed by atoms with van der Waals surface area (Å²) in [6.45, 7) is 4.84. The van der Waals surface area contributed by atoms with Gasteiger partial charge in [-0.25, -0.2) is 4.98 Å². The third-order valence-corrected chi connectivity index (χ3v) is 7.21. The van der Waals surface area contributed by atoms with E-state index in [-0.39, 0.29) is 11.7 Å². The van der Waals surface area contributed by atoms with Crippen molar-refractivity contribution in [1.29, 1.82) is 0 Å². The number of thiazole rings is 1. The number of aryl methyl sites for hydroxylation is 1. The zero-order valence-corrected chi connectivity index (χ0v) is 22.3. The van der Waals surface area contributed by atoms with Gasteiger partial charge in [0.2, 0.25) is 5.91 Å². The summed E-state index contributed by atoms with van der Waals surface area (Å²) in [6.07, 6.45) is 3.15. The quantitative estimate of drug-likeness (QED) is 0.119. The largest absolute Gasteiger partial charge is 0.492 e. The maximum atomic E-state index is 12.5. The van der Waals surface area contributed by atoms with Crippen LogP contribution in [0.3, 0.4) is 0 Å². The number of nitrogens with zero attached hydrogens (tertiary/aromatic N) is 4. The van der Waals surface area contributed by atoms with Gasteiger partial charge < -0.3 is 14.6 Å². The lowest BCUT2D eigenvalue weighted by Gasteiger charge is -2.09. The van der Waals surface area contributed by atoms with Crippen molar-refractivity contribution < 1.29 is 9.53 Å². The second-order valence-electron chi connectivity index (χ2n) is 7.57. The summed E-state index contributed by atoms with van der Waals surface area (Å²) in [5, 5.41) is 15.6. The number of carbonyl (C=O) groups is 1. The zero-order chi connectivity index (χ0) is 25.3. The molecular formula is C25H23Cl2N5O2S2. The normalized spacial score (nSPS) is 10.8. The van der Waals surface area contributed by atoms with Crippen LogP contribution in [0.2, 0.25) is 10.0 Å². The van der Waals surface area contributed by atoms with Gasteiger partial charge in [-0.2, -0.15) is 0 Å². The summed E-state index contributed by atoms with van der Waals surface area (Å²) in [5.74, 6) is 1.42. The summed E-state index contributed by atoms with van der Waals surface area (Å²) in [6, 6.07) is 15.0. The van der Waals surface area contributed by atoms with Gasteiger partial charge in [0.15, 0.2) is 10.3 Å². The van der Waals surface area contributed by atoms with Gasteiger partial charge in [-0.3, -0.25) is 4.79 Å². The first kappa shape index (κ1) is 26.2. The van der Waals surface area contributed by atoms with Crippen LogP contribution in [0.1, 0.15) is 12.2 Å². The van der Waals surface area contributed by atoms with Crippen LogP contribution in [0.25, 0.3) is 11.3 Å². The lowest BCUT2D eigenvalue weighted by Crippen LogP contribution is -2.14. The molecule has 4 aromatic rings. The van der Waals surface area contributed by atoms with Crippen molar-refractivity contribution in [3.63, 3.8) is 0 Å². The van der Waals surface area contributed by atoms with Crippen molar-refractivity contribution in [2.24, 2.45) is 0 Å². The monoisotopic (exact) mass is 559 g/mol. The van der Waals surface area contributed by atoms with Crippen LogP contribution >= 0.6 is 46.3 Å². The van der Waals surface area contributed by atoms with Gasteiger partial charge in [0.25, 0.3) is 0 Å². The van der Waals surface area contributed by atoms with Crippen molar-refractivity contribution >= 4 is 57.3 Å². The third-order valence-electron chi connectivity index (χ3n) is 4.95. The van der Waals surface area contributed by atoms with Crippen molar-refractivity contribution in [1.82, 2.24) is 19.7 Å². The summed E-state index contributed by atoms with van der Waals surface area (Å²) in [7, 11) is 0. The summed E-state index contributed by atoms with van der Waals surface area (Å²) in [4.78, 5) is 17.0. The van der Waals surface area contributed by atoms with Crippen molar-refractivity contribution in [2.75, 3.05) is 17.7 Å². The number of aromatic nitrogens is 4. The Labute approximate surface area is 227 Å². The highest BCUT2D eigenvalue weighted by Gasteiger charge is 2.15. The first-order chi connectivity index (χ1) is 17.5. The number of hydrogen-bond acceptors (Lipinski definition) is 7. The molecule has 0 atom stereocenters. The number of benzene rings is 2. The van der Waals surface area contributed by atoms with Crippen LogP contribution in [0.5, 0.6) is 5.75 Å². The molecule has 2 heterocycles. The standard InChI is InChI=1S/C25H23Cl2N5O2S2/c1-2-12-32-22(9-6-13-34-21-11-10-18(26)14-19(21)27)30-31-25(32)36-16-23(33)29-24-28-20(15-35-24)17-7-4-3-5-8-17/h2-5,7-8,10-11,14-15H,1,6,9,12-13,16H2,(H,28,29,33). The molecule has 11 heteroatoms. The van der Waals surface area contributed by atoms with Crippen LogP contribution < -0.4 is 10.1 Å².